The molecule has 1 amide bonds. The van der Waals surface area contributed by atoms with E-state index in [0.29, 0.717) is 13.0 Å². The summed E-state index contributed by atoms with van der Waals surface area (Å²) in [4.78, 5) is 17.5. The molecule has 4 aromatic rings. The number of fused-ring (bicyclic) bond motifs is 1. The number of hydrogen-bond donors (Lipinski definition) is 1. The van der Waals surface area contributed by atoms with Crippen LogP contribution in [0.5, 0.6) is 0 Å². The number of aryl methyl sites for hydroxylation is 2. The summed E-state index contributed by atoms with van der Waals surface area (Å²) in [7, 11) is 0. The van der Waals surface area contributed by atoms with Gasteiger partial charge >= 0.3 is 0 Å². The fourth-order valence-electron chi connectivity index (χ4n) is 4.03. The molecule has 2 aromatic heterocycles. The van der Waals surface area contributed by atoms with Crippen molar-refractivity contribution in [2.75, 3.05) is 6.54 Å². The quantitative estimate of drug-likeness (QED) is 0.485. The Morgan fingerprint density at radius 3 is 2.50 bits per heavy atom. The Hall–Kier alpha value is -3.40. The molecule has 0 fully saturated rings. The molecule has 0 bridgehead atoms. The fraction of sp³-hybridized carbons (Fsp3) is 0.231. The van der Waals surface area contributed by atoms with E-state index in [1.165, 1.54) is 16.7 Å². The second-order valence-corrected chi connectivity index (χ2v) is 7.77. The fourth-order valence-corrected chi connectivity index (χ4v) is 4.03. The average Bonchev–Trinajstić information content (AvgIpc) is 3.19. The van der Waals surface area contributed by atoms with Crippen molar-refractivity contribution in [3.63, 3.8) is 0 Å². The summed E-state index contributed by atoms with van der Waals surface area (Å²) >= 11 is 0. The van der Waals surface area contributed by atoms with Crippen LogP contribution in [0.4, 0.5) is 0 Å². The molecule has 2 heterocycles. The van der Waals surface area contributed by atoms with Gasteiger partial charge in [0, 0.05) is 31.3 Å². The molecule has 0 aliphatic heterocycles. The summed E-state index contributed by atoms with van der Waals surface area (Å²) < 4.78 is 2.11. The van der Waals surface area contributed by atoms with Crippen LogP contribution in [0.2, 0.25) is 0 Å². The van der Waals surface area contributed by atoms with E-state index in [4.69, 9.17) is 0 Å². The summed E-state index contributed by atoms with van der Waals surface area (Å²) in [5.74, 6) is 0.00140. The van der Waals surface area contributed by atoms with Crippen LogP contribution in [0.15, 0.2) is 79.1 Å². The van der Waals surface area contributed by atoms with Crippen LogP contribution in [0, 0.1) is 13.8 Å². The van der Waals surface area contributed by atoms with Gasteiger partial charge in [0.05, 0.1) is 5.69 Å². The number of aromatic nitrogens is 2. The number of nitrogens with zero attached hydrogens (tertiary/aromatic N) is 2. The number of pyridine rings is 1. The molecule has 1 atom stereocenters. The Labute approximate surface area is 177 Å². The van der Waals surface area contributed by atoms with Crippen LogP contribution in [0.3, 0.4) is 0 Å². The van der Waals surface area contributed by atoms with Crippen molar-refractivity contribution < 1.29 is 4.79 Å². The number of carbonyl (C=O) groups is 1. The predicted molar refractivity (Wildman–Crippen MR) is 121 cm³/mol. The number of rotatable bonds is 7. The zero-order valence-corrected chi connectivity index (χ0v) is 17.5. The molecule has 4 rings (SSSR count). The van der Waals surface area contributed by atoms with Crippen molar-refractivity contribution in [3.8, 4) is 0 Å². The molecule has 0 spiro atoms. The Morgan fingerprint density at radius 1 is 0.967 bits per heavy atom. The van der Waals surface area contributed by atoms with Crippen LogP contribution in [-0.4, -0.2) is 21.8 Å². The van der Waals surface area contributed by atoms with E-state index >= 15 is 0 Å². The van der Waals surface area contributed by atoms with E-state index in [9.17, 15) is 4.79 Å². The molecule has 1 unspecified atom stereocenters. The molecule has 0 saturated heterocycles. The first-order valence-electron chi connectivity index (χ1n) is 10.4. The van der Waals surface area contributed by atoms with Gasteiger partial charge in [-0.05, 0) is 48.6 Å². The second kappa shape index (κ2) is 8.95. The molecule has 0 aliphatic rings. The van der Waals surface area contributed by atoms with Gasteiger partial charge in [-0.25, -0.2) is 4.98 Å². The van der Waals surface area contributed by atoms with E-state index in [2.05, 4.69) is 58.9 Å². The minimum atomic E-state index is -0.0558. The lowest BCUT2D eigenvalue weighted by Gasteiger charge is -2.19. The van der Waals surface area contributed by atoms with E-state index < -0.39 is 0 Å². The highest BCUT2D eigenvalue weighted by Crippen LogP contribution is 2.31. The summed E-state index contributed by atoms with van der Waals surface area (Å²) in [6.07, 6.45) is 5.16. The normalized spacial score (nSPS) is 12.1. The number of imidazole rings is 1. The zero-order chi connectivity index (χ0) is 20.9. The minimum Gasteiger partial charge on any atom is -0.356 e. The van der Waals surface area contributed by atoms with Crippen molar-refractivity contribution in [2.24, 2.45) is 0 Å². The lowest BCUT2D eigenvalue weighted by molar-refractivity contribution is -0.121. The number of carbonyl (C=O) groups excluding carboxylic acids is 1. The van der Waals surface area contributed by atoms with Gasteiger partial charge in [-0.2, -0.15) is 0 Å². The highest BCUT2D eigenvalue weighted by molar-refractivity contribution is 5.77. The molecule has 4 heteroatoms. The third kappa shape index (κ3) is 4.28. The molecule has 0 radical (unpaired) electrons. The molecule has 4 nitrogen and oxygen atoms in total. The Balaban J connectivity index is 1.57. The molecular formula is C26H27N3O. The van der Waals surface area contributed by atoms with Gasteiger partial charge in [0.1, 0.15) is 5.65 Å². The van der Waals surface area contributed by atoms with Crippen molar-refractivity contribution in [1.29, 1.82) is 0 Å². The third-order valence-corrected chi connectivity index (χ3v) is 5.65. The van der Waals surface area contributed by atoms with Gasteiger partial charge in [-0.1, -0.05) is 60.7 Å². The Bertz CT molecular complexity index is 1150. The van der Waals surface area contributed by atoms with Gasteiger partial charge in [-0.15, -0.1) is 0 Å². The predicted octanol–water partition coefficient (Wildman–Crippen LogP) is 4.83. The van der Waals surface area contributed by atoms with Gasteiger partial charge in [0.15, 0.2) is 0 Å². The van der Waals surface area contributed by atoms with Crippen molar-refractivity contribution in [3.05, 3.63) is 107 Å². The highest BCUT2D eigenvalue weighted by Gasteiger charge is 2.23. The van der Waals surface area contributed by atoms with Crippen molar-refractivity contribution in [1.82, 2.24) is 14.7 Å². The van der Waals surface area contributed by atoms with Crippen LogP contribution in [0.25, 0.3) is 5.65 Å². The van der Waals surface area contributed by atoms with Gasteiger partial charge < -0.3 is 9.72 Å². The maximum atomic E-state index is 12.9. The van der Waals surface area contributed by atoms with Crippen molar-refractivity contribution in [2.45, 2.75) is 32.6 Å². The second-order valence-electron chi connectivity index (χ2n) is 7.77. The molecule has 0 aliphatic carbocycles. The lowest BCUT2D eigenvalue weighted by atomic mass is 9.89. The van der Waals surface area contributed by atoms with Crippen LogP contribution < -0.4 is 5.32 Å². The molecule has 152 valence electrons. The number of hydrogen-bond acceptors (Lipinski definition) is 2. The zero-order valence-electron chi connectivity index (χ0n) is 17.5. The van der Waals surface area contributed by atoms with Crippen LogP contribution in [0.1, 0.15) is 40.3 Å². The molecule has 2 aromatic carbocycles. The summed E-state index contributed by atoms with van der Waals surface area (Å²) in [6, 6.07) is 22.6. The minimum absolute atomic E-state index is 0.0558. The maximum Gasteiger partial charge on any atom is 0.221 e. The average molecular weight is 398 g/mol. The van der Waals surface area contributed by atoms with Gasteiger partial charge in [-0.3, -0.25) is 4.79 Å². The summed E-state index contributed by atoms with van der Waals surface area (Å²) in [5.41, 5.74) is 6.68. The summed E-state index contributed by atoms with van der Waals surface area (Å²) in [6.45, 7) is 4.80. The largest absolute Gasteiger partial charge is 0.356 e. The molecular weight excluding hydrogens is 370 g/mol. The van der Waals surface area contributed by atoms with Crippen LogP contribution >= 0.6 is 0 Å². The van der Waals surface area contributed by atoms with Gasteiger partial charge in [0.25, 0.3) is 0 Å². The van der Waals surface area contributed by atoms with E-state index in [1.807, 2.05) is 48.8 Å². The lowest BCUT2D eigenvalue weighted by Crippen LogP contribution is -2.27. The van der Waals surface area contributed by atoms with Crippen LogP contribution in [-0.2, 0) is 11.2 Å². The Morgan fingerprint density at radius 2 is 1.70 bits per heavy atom. The topological polar surface area (TPSA) is 46.4 Å². The summed E-state index contributed by atoms with van der Waals surface area (Å²) in [5, 5.41) is 3.10. The highest BCUT2D eigenvalue weighted by atomic mass is 16.1. The van der Waals surface area contributed by atoms with Crippen molar-refractivity contribution >= 4 is 11.6 Å². The molecule has 0 saturated carbocycles. The maximum absolute atomic E-state index is 12.9. The first-order valence-corrected chi connectivity index (χ1v) is 10.4. The number of nitrogens with one attached hydrogen (secondary N) is 1. The monoisotopic (exact) mass is 397 g/mol. The Kier molecular flexibility index (Phi) is 5.94. The van der Waals surface area contributed by atoms with E-state index in [0.717, 1.165) is 23.3 Å². The smallest absolute Gasteiger partial charge is 0.221 e. The van der Waals surface area contributed by atoms with E-state index in [-0.39, 0.29) is 11.8 Å². The number of benzene rings is 2. The van der Waals surface area contributed by atoms with Gasteiger partial charge in [0.2, 0.25) is 5.91 Å². The third-order valence-electron chi connectivity index (χ3n) is 5.65. The standard InChI is InChI=1S/C26H27N3O/c1-19-9-6-7-13-22(19)23(24-18-28-26-20(2)10-8-16-29(24)26)17-25(30)27-15-14-21-11-4-3-5-12-21/h3-13,16,18,23H,14-15,17H2,1-2H3,(H,27,30). The SMILES string of the molecule is Cc1ccccc1C(CC(=O)NCCc1ccccc1)c1cnc2c(C)cccn12. The first-order chi connectivity index (χ1) is 14.6. The first kappa shape index (κ1) is 19.9. The number of amides is 1. The molecule has 1 N–H and O–H groups in total. The molecule has 30 heavy (non-hydrogen) atoms. The van der Waals surface area contributed by atoms with E-state index in [1.54, 1.807) is 0 Å².